The predicted molar refractivity (Wildman–Crippen MR) is 45.1 cm³/mol. The van der Waals surface area contributed by atoms with E-state index in [2.05, 4.69) is 10.1 Å². The molecule has 1 atom stereocenters. The molecule has 4 N–H and O–H groups in total. The minimum Gasteiger partial charge on any atom is -0.481 e. The molecule has 0 aliphatic heterocycles. The van der Waals surface area contributed by atoms with Gasteiger partial charge in [0.1, 0.15) is 6.04 Å². The van der Waals surface area contributed by atoms with Gasteiger partial charge < -0.3 is 20.9 Å². The molecular weight excluding hydrogens is 176 g/mol. The first-order valence-electron chi connectivity index (χ1n) is 3.82. The maximum atomic E-state index is 11.0. The molecule has 1 amide bonds. The van der Waals surface area contributed by atoms with E-state index < -0.39 is 17.9 Å². The summed E-state index contributed by atoms with van der Waals surface area (Å²) in [6, 6.07) is -0.737. The van der Waals surface area contributed by atoms with Crippen LogP contribution in [0.3, 0.4) is 0 Å². The Morgan fingerprint density at radius 2 is 2.23 bits per heavy atom. The molecule has 0 bridgehead atoms. The number of carboxylic acid groups (broad SMARTS) is 1. The zero-order valence-corrected chi connectivity index (χ0v) is 7.45. The molecule has 13 heavy (non-hydrogen) atoms. The molecule has 0 spiro atoms. The van der Waals surface area contributed by atoms with E-state index in [-0.39, 0.29) is 19.6 Å². The third-order valence-electron chi connectivity index (χ3n) is 1.32. The fourth-order valence-corrected chi connectivity index (χ4v) is 0.679. The highest BCUT2D eigenvalue weighted by molar-refractivity contribution is 5.82. The smallest absolute Gasteiger partial charge is 0.305 e. The molecule has 76 valence electrons. The van der Waals surface area contributed by atoms with Gasteiger partial charge in [-0.1, -0.05) is 0 Å². The van der Waals surface area contributed by atoms with Crippen molar-refractivity contribution in [2.24, 2.45) is 5.73 Å². The van der Waals surface area contributed by atoms with Crippen molar-refractivity contribution >= 4 is 11.9 Å². The molecule has 0 radical (unpaired) electrons. The number of carbonyl (C=O) groups is 2. The summed E-state index contributed by atoms with van der Waals surface area (Å²) < 4.78 is 4.65. The van der Waals surface area contributed by atoms with Crippen molar-refractivity contribution in [3.63, 3.8) is 0 Å². The van der Waals surface area contributed by atoms with Crippen molar-refractivity contribution in [1.29, 1.82) is 0 Å². The Morgan fingerprint density at radius 1 is 1.62 bits per heavy atom. The normalized spacial score (nSPS) is 12.2. The third kappa shape index (κ3) is 6.06. The zero-order chi connectivity index (χ0) is 10.3. The maximum absolute atomic E-state index is 11.0. The number of nitrogens with one attached hydrogen (secondary N) is 1. The van der Waals surface area contributed by atoms with Crippen LogP contribution in [0, 0.1) is 0 Å². The number of amides is 1. The number of carbonyl (C=O) groups excluding carboxylic acids is 1. The standard InChI is InChI=1S/C7H14N2O4/c1-13-4-5(8)7(12)9-3-2-6(10)11/h5H,2-4,8H2,1H3,(H,9,12)(H,10,11). The van der Waals surface area contributed by atoms with E-state index in [4.69, 9.17) is 10.8 Å². The van der Waals surface area contributed by atoms with Crippen LogP contribution in [0.2, 0.25) is 0 Å². The fraction of sp³-hybridized carbons (Fsp3) is 0.714. The lowest BCUT2D eigenvalue weighted by molar-refractivity contribution is -0.137. The molecule has 0 heterocycles. The molecular formula is C7H14N2O4. The molecule has 6 nitrogen and oxygen atoms in total. The van der Waals surface area contributed by atoms with Gasteiger partial charge in [-0.15, -0.1) is 0 Å². The Kier molecular flexibility index (Phi) is 5.82. The molecule has 1 unspecified atom stereocenters. The van der Waals surface area contributed by atoms with Crippen LogP contribution >= 0.6 is 0 Å². The molecule has 0 aliphatic rings. The van der Waals surface area contributed by atoms with Gasteiger partial charge in [0.05, 0.1) is 13.0 Å². The average molecular weight is 190 g/mol. The van der Waals surface area contributed by atoms with Crippen LogP contribution in [0.5, 0.6) is 0 Å². The summed E-state index contributed by atoms with van der Waals surface area (Å²) in [5.41, 5.74) is 5.36. The van der Waals surface area contributed by atoms with Crippen LogP contribution in [0.25, 0.3) is 0 Å². The Hall–Kier alpha value is -1.14. The maximum Gasteiger partial charge on any atom is 0.305 e. The van der Waals surface area contributed by atoms with E-state index in [1.54, 1.807) is 0 Å². The highest BCUT2D eigenvalue weighted by atomic mass is 16.5. The lowest BCUT2D eigenvalue weighted by atomic mass is 10.3. The second kappa shape index (κ2) is 6.38. The van der Waals surface area contributed by atoms with Gasteiger partial charge in [0.15, 0.2) is 0 Å². The first kappa shape index (κ1) is 11.9. The number of aliphatic carboxylic acids is 1. The van der Waals surface area contributed by atoms with Crippen molar-refractivity contribution in [2.45, 2.75) is 12.5 Å². The Morgan fingerprint density at radius 3 is 2.69 bits per heavy atom. The first-order valence-corrected chi connectivity index (χ1v) is 3.82. The van der Waals surface area contributed by atoms with Gasteiger partial charge >= 0.3 is 5.97 Å². The molecule has 0 aromatic heterocycles. The van der Waals surface area contributed by atoms with Crippen molar-refractivity contribution in [3.05, 3.63) is 0 Å². The Bertz CT molecular complexity index is 183. The quantitative estimate of drug-likeness (QED) is 0.475. The average Bonchev–Trinajstić information content (AvgIpc) is 2.04. The molecule has 0 aromatic carbocycles. The number of hydrogen-bond acceptors (Lipinski definition) is 4. The molecule has 0 rings (SSSR count). The van der Waals surface area contributed by atoms with E-state index in [0.29, 0.717) is 0 Å². The molecule has 0 fully saturated rings. The SMILES string of the molecule is COCC(N)C(=O)NCCC(=O)O. The molecule has 0 aromatic rings. The van der Waals surface area contributed by atoms with Gasteiger partial charge in [0.2, 0.25) is 5.91 Å². The number of ether oxygens (including phenoxy) is 1. The van der Waals surface area contributed by atoms with Gasteiger partial charge in [-0.2, -0.15) is 0 Å². The number of methoxy groups -OCH3 is 1. The summed E-state index contributed by atoms with van der Waals surface area (Å²) in [6.07, 6.45) is -0.106. The first-order chi connectivity index (χ1) is 6.07. The van der Waals surface area contributed by atoms with Gasteiger partial charge in [-0.05, 0) is 0 Å². The van der Waals surface area contributed by atoms with E-state index in [9.17, 15) is 9.59 Å². The fourth-order valence-electron chi connectivity index (χ4n) is 0.679. The summed E-state index contributed by atoms with van der Waals surface area (Å²) in [5.74, 6) is -1.36. The number of rotatable bonds is 6. The molecule has 0 aliphatic carbocycles. The van der Waals surface area contributed by atoms with E-state index in [1.165, 1.54) is 7.11 Å². The van der Waals surface area contributed by atoms with Crippen LogP contribution in [0.1, 0.15) is 6.42 Å². The summed E-state index contributed by atoms with van der Waals surface area (Å²) in [7, 11) is 1.43. The Labute approximate surface area is 76.0 Å². The zero-order valence-electron chi connectivity index (χ0n) is 7.45. The second-order valence-corrected chi connectivity index (χ2v) is 2.50. The lowest BCUT2D eigenvalue weighted by Crippen LogP contribution is -2.44. The third-order valence-corrected chi connectivity index (χ3v) is 1.32. The Balaban J connectivity index is 3.55. The predicted octanol–water partition coefficient (Wildman–Crippen LogP) is -1.45. The molecule has 0 saturated carbocycles. The van der Waals surface area contributed by atoms with Crippen molar-refractivity contribution in [1.82, 2.24) is 5.32 Å². The topological polar surface area (TPSA) is 102 Å². The highest BCUT2D eigenvalue weighted by Crippen LogP contribution is 1.81. The van der Waals surface area contributed by atoms with E-state index >= 15 is 0 Å². The van der Waals surface area contributed by atoms with Crippen molar-refractivity contribution in [2.75, 3.05) is 20.3 Å². The van der Waals surface area contributed by atoms with Gasteiger partial charge in [-0.25, -0.2) is 0 Å². The second-order valence-electron chi connectivity index (χ2n) is 2.50. The van der Waals surface area contributed by atoms with Crippen LogP contribution < -0.4 is 11.1 Å². The van der Waals surface area contributed by atoms with Crippen LogP contribution in [0.4, 0.5) is 0 Å². The van der Waals surface area contributed by atoms with Crippen LogP contribution in [0.15, 0.2) is 0 Å². The summed E-state index contributed by atoms with van der Waals surface area (Å²) in [5, 5.41) is 10.6. The molecule has 0 saturated heterocycles. The van der Waals surface area contributed by atoms with Gasteiger partial charge in [0, 0.05) is 13.7 Å². The van der Waals surface area contributed by atoms with Gasteiger partial charge in [-0.3, -0.25) is 9.59 Å². The monoisotopic (exact) mass is 190 g/mol. The minimum atomic E-state index is -0.958. The number of carboxylic acids is 1. The van der Waals surface area contributed by atoms with Crippen LogP contribution in [-0.4, -0.2) is 43.3 Å². The summed E-state index contributed by atoms with van der Waals surface area (Å²) >= 11 is 0. The van der Waals surface area contributed by atoms with Crippen LogP contribution in [-0.2, 0) is 14.3 Å². The largest absolute Gasteiger partial charge is 0.481 e. The van der Waals surface area contributed by atoms with Crippen molar-refractivity contribution in [3.8, 4) is 0 Å². The summed E-state index contributed by atoms with van der Waals surface area (Å²) in [4.78, 5) is 21.1. The van der Waals surface area contributed by atoms with Crippen molar-refractivity contribution < 1.29 is 19.4 Å². The van der Waals surface area contributed by atoms with E-state index in [1.807, 2.05) is 0 Å². The number of nitrogens with two attached hydrogens (primary N) is 1. The highest BCUT2D eigenvalue weighted by Gasteiger charge is 2.12. The lowest BCUT2D eigenvalue weighted by Gasteiger charge is -2.09. The van der Waals surface area contributed by atoms with E-state index in [0.717, 1.165) is 0 Å². The van der Waals surface area contributed by atoms with Gasteiger partial charge in [0.25, 0.3) is 0 Å². The molecule has 6 heteroatoms. The summed E-state index contributed by atoms with van der Waals surface area (Å²) in [6.45, 7) is 0.213. The minimum absolute atomic E-state index is 0.0889. The number of hydrogen-bond donors (Lipinski definition) is 3.